The summed E-state index contributed by atoms with van der Waals surface area (Å²) in [5.74, 6) is 0.860. The van der Waals surface area contributed by atoms with Gasteiger partial charge >= 0.3 is 0 Å². The molecule has 0 aliphatic carbocycles. The van der Waals surface area contributed by atoms with Gasteiger partial charge in [0.25, 0.3) is 0 Å². The van der Waals surface area contributed by atoms with Crippen molar-refractivity contribution in [3.8, 4) is 0 Å². The minimum atomic E-state index is 0. The standard InChI is InChI=1S/C8H12BrNO.ClH/c1-2-3-6(10)7-4-5-8(9)11-7;/h4-6H,2-3,10H2,1H3;1H/t6-;/m1./s1. The lowest BCUT2D eigenvalue weighted by Crippen LogP contribution is -2.08. The maximum atomic E-state index is 5.80. The number of hydrogen-bond acceptors (Lipinski definition) is 2. The van der Waals surface area contributed by atoms with Crippen molar-refractivity contribution in [2.24, 2.45) is 5.73 Å². The molecule has 4 heteroatoms. The Labute approximate surface area is 87.0 Å². The molecule has 0 amide bonds. The van der Waals surface area contributed by atoms with Crippen molar-refractivity contribution in [2.75, 3.05) is 0 Å². The smallest absolute Gasteiger partial charge is 0.169 e. The first-order valence-electron chi connectivity index (χ1n) is 3.75. The molecule has 0 radical (unpaired) electrons. The van der Waals surface area contributed by atoms with E-state index < -0.39 is 0 Å². The minimum Gasteiger partial charge on any atom is -0.453 e. The van der Waals surface area contributed by atoms with Crippen LogP contribution in [0, 0.1) is 0 Å². The van der Waals surface area contributed by atoms with Gasteiger partial charge < -0.3 is 10.2 Å². The fourth-order valence-electron chi connectivity index (χ4n) is 0.981. The van der Waals surface area contributed by atoms with Crippen molar-refractivity contribution in [2.45, 2.75) is 25.8 Å². The molecule has 0 aliphatic rings. The van der Waals surface area contributed by atoms with Gasteiger partial charge in [-0.25, -0.2) is 0 Å². The van der Waals surface area contributed by atoms with E-state index in [4.69, 9.17) is 10.2 Å². The van der Waals surface area contributed by atoms with E-state index in [2.05, 4.69) is 22.9 Å². The second-order valence-corrected chi connectivity index (χ2v) is 3.32. The Morgan fingerprint density at radius 2 is 2.25 bits per heavy atom. The molecule has 2 nitrogen and oxygen atoms in total. The Hall–Kier alpha value is 0.01000. The molecule has 0 fully saturated rings. The highest BCUT2D eigenvalue weighted by Gasteiger charge is 2.08. The Bertz CT molecular complexity index is 227. The molecule has 0 aromatic carbocycles. The van der Waals surface area contributed by atoms with Crippen LogP contribution in [-0.2, 0) is 0 Å². The first-order chi connectivity index (χ1) is 5.24. The highest BCUT2D eigenvalue weighted by atomic mass is 79.9. The van der Waals surface area contributed by atoms with Crippen molar-refractivity contribution < 1.29 is 4.42 Å². The second-order valence-electron chi connectivity index (χ2n) is 2.54. The molecule has 1 rings (SSSR count). The van der Waals surface area contributed by atoms with Crippen LogP contribution in [0.4, 0.5) is 0 Å². The summed E-state index contributed by atoms with van der Waals surface area (Å²) in [6.07, 6.45) is 2.05. The van der Waals surface area contributed by atoms with Gasteiger partial charge in [-0.1, -0.05) is 13.3 Å². The Morgan fingerprint density at radius 3 is 2.67 bits per heavy atom. The van der Waals surface area contributed by atoms with E-state index in [-0.39, 0.29) is 18.4 Å². The monoisotopic (exact) mass is 253 g/mol. The van der Waals surface area contributed by atoms with Crippen molar-refractivity contribution in [1.29, 1.82) is 0 Å². The molecule has 0 saturated carbocycles. The van der Waals surface area contributed by atoms with Gasteiger partial charge in [-0.3, -0.25) is 0 Å². The van der Waals surface area contributed by atoms with Crippen LogP contribution in [0.5, 0.6) is 0 Å². The summed E-state index contributed by atoms with van der Waals surface area (Å²) in [6, 6.07) is 3.82. The fourth-order valence-corrected chi connectivity index (χ4v) is 1.30. The number of rotatable bonds is 3. The Balaban J connectivity index is 0.00000121. The third-order valence-corrected chi connectivity index (χ3v) is 1.99. The quantitative estimate of drug-likeness (QED) is 0.899. The van der Waals surface area contributed by atoms with Crippen LogP contribution < -0.4 is 5.73 Å². The largest absolute Gasteiger partial charge is 0.453 e. The van der Waals surface area contributed by atoms with Crippen LogP contribution in [-0.4, -0.2) is 0 Å². The summed E-state index contributed by atoms with van der Waals surface area (Å²) in [4.78, 5) is 0. The van der Waals surface area contributed by atoms with Gasteiger partial charge in [0.15, 0.2) is 4.67 Å². The van der Waals surface area contributed by atoms with Gasteiger partial charge in [-0.2, -0.15) is 0 Å². The van der Waals surface area contributed by atoms with Crippen molar-refractivity contribution in [1.82, 2.24) is 0 Å². The van der Waals surface area contributed by atoms with Crippen LogP contribution >= 0.6 is 28.3 Å². The maximum absolute atomic E-state index is 5.80. The molecular weight excluding hydrogens is 241 g/mol. The molecule has 2 N–H and O–H groups in total. The highest BCUT2D eigenvalue weighted by Crippen LogP contribution is 2.21. The van der Waals surface area contributed by atoms with Gasteiger partial charge in [0, 0.05) is 0 Å². The molecule has 0 bridgehead atoms. The average Bonchev–Trinajstić information content (AvgIpc) is 2.36. The predicted octanol–water partition coefficient (Wildman–Crippen LogP) is 3.26. The summed E-state index contributed by atoms with van der Waals surface area (Å²) in [7, 11) is 0. The lowest BCUT2D eigenvalue weighted by Gasteiger charge is -2.04. The molecule has 0 unspecified atom stereocenters. The lowest BCUT2D eigenvalue weighted by atomic mass is 10.1. The van der Waals surface area contributed by atoms with E-state index in [0.29, 0.717) is 0 Å². The number of nitrogens with two attached hydrogens (primary N) is 1. The number of hydrogen-bond donors (Lipinski definition) is 1. The highest BCUT2D eigenvalue weighted by molar-refractivity contribution is 9.10. The predicted molar refractivity (Wildman–Crippen MR) is 55.5 cm³/mol. The third kappa shape index (κ3) is 3.17. The molecule has 0 spiro atoms. The number of halogens is 2. The maximum Gasteiger partial charge on any atom is 0.169 e. The summed E-state index contributed by atoms with van der Waals surface area (Å²) in [5.41, 5.74) is 5.80. The molecule has 0 aliphatic heterocycles. The first kappa shape index (κ1) is 12.0. The zero-order valence-electron chi connectivity index (χ0n) is 6.92. The Kier molecular flexibility index (Phi) is 5.63. The topological polar surface area (TPSA) is 39.2 Å². The van der Waals surface area contributed by atoms with Gasteiger partial charge in [0.1, 0.15) is 5.76 Å². The molecular formula is C8H13BrClNO. The molecule has 1 aromatic rings. The summed E-state index contributed by atoms with van der Waals surface area (Å²) >= 11 is 3.23. The Morgan fingerprint density at radius 1 is 1.58 bits per heavy atom. The van der Waals surface area contributed by atoms with Crippen LogP contribution in [0.2, 0.25) is 0 Å². The van der Waals surface area contributed by atoms with Crippen LogP contribution in [0.3, 0.4) is 0 Å². The lowest BCUT2D eigenvalue weighted by molar-refractivity contribution is 0.435. The van der Waals surface area contributed by atoms with Gasteiger partial charge in [-0.15, -0.1) is 12.4 Å². The summed E-state index contributed by atoms with van der Waals surface area (Å²) < 4.78 is 6.04. The molecule has 12 heavy (non-hydrogen) atoms. The van der Waals surface area contributed by atoms with Crippen LogP contribution in [0.15, 0.2) is 21.2 Å². The van der Waals surface area contributed by atoms with Crippen LogP contribution in [0.25, 0.3) is 0 Å². The first-order valence-corrected chi connectivity index (χ1v) is 4.54. The van der Waals surface area contributed by atoms with E-state index in [9.17, 15) is 0 Å². The molecule has 1 aromatic heterocycles. The van der Waals surface area contributed by atoms with Gasteiger partial charge in [0.2, 0.25) is 0 Å². The zero-order valence-corrected chi connectivity index (χ0v) is 9.32. The van der Waals surface area contributed by atoms with E-state index in [1.807, 2.05) is 12.1 Å². The normalized spacial score (nSPS) is 12.2. The van der Waals surface area contributed by atoms with Crippen molar-refractivity contribution >= 4 is 28.3 Å². The molecule has 1 atom stereocenters. The van der Waals surface area contributed by atoms with E-state index in [0.717, 1.165) is 23.3 Å². The minimum absolute atomic E-state index is 0. The summed E-state index contributed by atoms with van der Waals surface area (Å²) in [6.45, 7) is 2.11. The zero-order chi connectivity index (χ0) is 8.27. The van der Waals surface area contributed by atoms with E-state index in [1.54, 1.807) is 0 Å². The van der Waals surface area contributed by atoms with E-state index >= 15 is 0 Å². The second kappa shape index (κ2) is 5.62. The van der Waals surface area contributed by atoms with E-state index in [1.165, 1.54) is 0 Å². The van der Waals surface area contributed by atoms with Crippen LogP contribution in [0.1, 0.15) is 31.6 Å². The third-order valence-electron chi connectivity index (χ3n) is 1.56. The van der Waals surface area contributed by atoms with Crippen molar-refractivity contribution in [3.63, 3.8) is 0 Å². The molecule has 0 saturated heterocycles. The molecule has 70 valence electrons. The van der Waals surface area contributed by atoms with Gasteiger partial charge in [0.05, 0.1) is 6.04 Å². The molecule has 1 heterocycles. The van der Waals surface area contributed by atoms with Gasteiger partial charge in [-0.05, 0) is 34.5 Å². The fraction of sp³-hybridized carbons (Fsp3) is 0.500. The number of furan rings is 1. The van der Waals surface area contributed by atoms with Crippen molar-refractivity contribution in [3.05, 3.63) is 22.6 Å². The average molecular weight is 255 g/mol. The summed E-state index contributed by atoms with van der Waals surface area (Å²) in [5, 5.41) is 0. The SMILES string of the molecule is CCC[C@@H](N)c1ccc(Br)o1.Cl.